The monoisotopic (exact) mass is 279 g/mol. The van der Waals surface area contributed by atoms with Crippen LogP contribution in [0.2, 0.25) is 5.15 Å². The standard InChI is InChI=1S/C10H10ClN7O/c11-8-1-2-13-10(14-8)15-9(19)7-5-18(17-16-7)6-3-12-4-6/h1-2,5-6,12H,3-4H2,(H,13,14,15,19). The zero-order valence-electron chi connectivity index (χ0n) is 9.75. The summed E-state index contributed by atoms with van der Waals surface area (Å²) < 4.78 is 1.67. The molecule has 1 aliphatic rings. The van der Waals surface area contributed by atoms with Crippen LogP contribution in [0.5, 0.6) is 0 Å². The Morgan fingerprint density at radius 2 is 2.37 bits per heavy atom. The van der Waals surface area contributed by atoms with E-state index in [4.69, 9.17) is 11.6 Å². The van der Waals surface area contributed by atoms with E-state index in [1.807, 2.05) is 0 Å². The molecule has 0 aliphatic carbocycles. The lowest BCUT2D eigenvalue weighted by Crippen LogP contribution is -2.43. The highest BCUT2D eigenvalue weighted by Crippen LogP contribution is 2.11. The molecule has 0 unspecified atom stereocenters. The molecular formula is C10H10ClN7O. The van der Waals surface area contributed by atoms with E-state index >= 15 is 0 Å². The van der Waals surface area contributed by atoms with Gasteiger partial charge in [-0.3, -0.25) is 10.1 Å². The quantitative estimate of drug-likeness (QED) is 0.775. The highest BCUT2D eigenvalue weighted by molar-refractivity contribution is 6.29. The lowest BCUT2D eigenvalue weighted by molar-refractivity contribution is 0.102. The Morgan fingerprint density at radius 1 is 1.53 bits per heavy atom. The largest absolute Gasteiger partial charge is 0.312 e. The van der Waals surface area contributed by atoms with Gasteiger partial charge in [-0.2, -0.15) is 0 Å². The second kappa shape index (κ2) is 4.90. The van der Waals surface area contributed by atoms with Crippen molar-refractivity contribution < 1.29 is 4.79 Å². The predicted molar refractivity (Wildman–Crippen MR) is 66.9 cm³/mol. The van der Waals surface area contributed by atoms with Crippen molar-refractivity contribution in [1.29, 1.82) is 0 Å². The topological polar surface area (TPSA) is 97.6 Å². The third-order valence-electron chi connectivity index (χ3n) is 2.72. The van der Waals surface area contributed by atoms with E-state index in [2.05, 4.69) is 30.9 Å². The summed E-state index contributed by atoms with van der Waals surface area (Å²) in [6, 6.07) is 1.79. The van der Waals surface area contributed by atoms with Crippen LogP contribution in [0, 0.1) is 0 Å². The second-order valence-corrected chi connectivity index (χ2v) is 4.44. The third-order valence-corrected chi connectivity index (χ3v) is 2.93. The van der Waals surface area contributed by atoms with Gasteiger partial charge < -0.3 is 5.32 Å². The maximum absolute atomic E-state index is 11.9. The highest BCUT2D eigenvalue weighted by atomic mass is 35.5. The van der Waals surface area contributed by atoms with Crippen molar-refractivity contribution >= 4 is 23.5 Å². The van der Waals surface area contributed by atoms with Crippen LogP contribution in [0.4, 0.5) is 5.95 Å². The SMILES string of the molecule is O=C(Nc1nccc(Cl)n1)c1cn(C2CNC2)nn1. The van der Waals surface area contributed by atoms with Gasteiger partial charge in [0.15, 0.2) is 5.69 Å². The first-order chi connectivity index (χ1) is 9.22. The number of aromatic nitrogens is 5. The first-order valence-electron chi connectivity index (χ1n) is 5.65. The normalized spacial score (nSPS) is 15.0. The van der Waals surface area contributed by atoms with Crippen molar-refractivity contribution in [2.75, 3.05) is 18.4 Å². The number of anilines is 1. The van der Waals surface area contributed by atoms with E-state index in [1.54, 1.807) is 10.9 Å². The Morgan fingerprint density at radius 3 is 3.05 bits per heavy atom. The van der Waals surface area contributed by atoms with Crippen molar-refractivity contribution in [2.45, 2.75) is 6.04 Å². The fourth-order valence-corrected chi connectivity index (χ4v) is 1.72. The lowest BCUT2D eigenvalue weighted by Gasteiger charge is -2.26. The number of rotatable bonds is 3. The molecule has 0 bridgehead atoms. The van der Waals surface area contributed by atoms with Crippen LogP contribution >= 0.6 is 11.6 Å². The molecule has 1 fully saturated rings. The van der Waals surface area contributed by atoms with Crippen LogP contribution < -0.4 is 10.6 Å². The molecule has 0 spiro atoms. The summed E-state index contributed by atoms with van der Waals surface area (Å²) in [5, 5.41) is 13.6. The maximum Gasteiger partial charge on any atom is 0.280 e. The van der Waals surface area contributed by atoms with E-state index in [9.17, 15) is 4.79 Å². The van der Waals surface area contributed by atoms with Gasteiger partial charge in [0.05, 0.1) is 12.2 Å². The minimum absolute atomic E-state index is 0.136. The van der Waals surface area contributed by atoms with Gasteiger partial charge in [-0.15, -0.1) is 5.10 Å². The summed E-state index contributed by atoms with van der Waals surface area (Å²) in [5.74, 6) is -0.279. The molecule has 8 nitrogen and oxygen atoms in total. The third kappa shape index (κ3) is 2.54. The molecule has 0 atom stereocenters. The number of carbonyl (C=O) groups is 1. The Hall–Kier alpha value is -2.06. The average Bonchev–Trinajstić information content (AvgIpc) is 2.76. The van der Waals surface area contributed by atoms with Crippen LogP contribution in [-0.2, 0) is 0 Å². The molecule has 0 saturated carbocycles. The molecule has 0 aromatic carbocycles. The Balaban J connectivity index is 1.71. The van der Waals surface area contributed by atoms with Crippen LogP contribution in [0.3, 0.4) is 0 Å². The fraction of sp³-hybridized carbons (Fsp3) is 0.300. The smallest absolute Gasteiger partial charge is 0.280 e. The molecule has 2 aromatic rings. The van der Waals surface area contributed by atoms with Crippen molar-refractivity contribution in [1.82, 2.24) is 30.3 Å². The van der Waals surface area contributed by atoms with Gasteiger partial charge in [-0.1, -0.05) is 16.8 Å². The summed E-state index contributed by atoms with van der Waals surface area (Å²) in [5.41, 5.74) is 0.218. The molecule has 3 heterocycles. The van der Waals surface area contributed by atoms with Crippen molar-refractivity contribution in [2.24, 2.45) is 0 Å². The van der Waals surface area contributed by atoms with Crippen molar-refractivity contribution in [3.05, 3.63) is 29.3 Å². The van der Waals surface area contributed by atoms with E-state index in [0.717, 1.165) is 13.1 Å². The Bertz CT molecular complexity index is 609. The molecule has 19 heavy (non-hydrogen) atoms. The molecular weight excluding hydrogens is 270 g/mol. The van der Waals surface area contributed by atoms with Gasteiger partial charge in [-0.25, -0.2) is 14.6 Å². The summed E-state index contributed by atoms with van der Waals surface area (Å²) in [4.78, 5) is 19.6. The van der Waals surface area contributed by atoms with Gasteiger partial charge in [0, 0.05) is 19.3 Å². The summed E-state index contributed by atoms with van der Waals surface area (Å²) >= 11 is 5.70. The van der Waals surface area contributed by atoms with Crippen LogP contribution in [0.1, 0.15) is 16.5 Å². The minimum Gasteiger partial charge on any atom is -0.312 e. The number of halogens is 1. The zero-order chi connectivity index (χ0) is 13.2. The molecule has 0 radical (unpaired) electrons. The van der Waals surface area contributed by atoms with Gasteiger partial charge in [0.1, 0.15) is 5.15 Å². The van der Waals surface area contributed by atoms with E-state index in [-0.39, 0.29) is 22.8 Å². The fourth-order valence-electron chi connectivity index (χ4n) is 1.58. The zero-order valence-corrected chi connectivity index (χ0v) is 10.5. The summed E-state index contributed by atoms with van der Waals surface area (Å²) in [6.45, 7) is 1.67. The van der Waals surface area contributed by atoms with Crippen LogP contribution in [0.15, 0.2) is 18.5 Å². The van der Waals surface area contributed by atoms with E-state index in [1.165, 1.54) is 12.3 Å². The summed E-state index contributed by atoms with van der Waals surface area (Å²) in [7, 11) is 0. The number of carbonyl (C=O) groups excluding carboxylic acids is 1. The maximum atomic E-state index is 11.9. The molecule has 1 saturated heterocycles. The first-order valence-corrected chi connectivity index (χ1v) is 6.02. The van der Waals surface area contributed by atoms with Gasteiger partial charge in [0.25, 0.3) is 5.91 Å². The molecule has 9 heteroatoms. The first kappa shape index (κ1) is 12.0. The van der Waals surface area contributed by atoms with Gasteiger partial charge >= 0.3 is 0 Å². The second-order valence-electron chi connectivity index (χ2n) is 4.05. The number of hydrogen-bond donors (Lipinski definition) is 2. The minimum atomic E-state index is -0.416. The molecule has 1 aliphatic heterocycles. The van der Waals surface area contributed by atoms with Crippen LogP contribution in [0.25, 0.3) is 0 Å². The molecule has 2 N–H and O–H groups in total. The highest BCUT2D eigenvalue weighted by Gasteiger charge is 2.21. The summed E-state index contributed by atoms with van der Waals surface area (Å²) in [6.07, 6.45) is 3.06. The molecule has 3 rings (SSSR count). The number of hydrogen-bond acceptors (Lipinski definition) is 6. The van der Waals surface area contributed by atoms with Gasteiger partial charge in [0.2, 0.25) is 5.95 Å². The molecule has 1 amide bonds. The van der Waals surface area contributed by atoms with E-state index < -0.39 is 5.91 Å². The molecule has 2 aromatic heterocycles. The number of nitrogens with zero attached hydrogens (tertiary/aromatic N) is 5. The Labute approximate surface area is 113 Å². The number of nitrogens with one attached hydrogen (secondary N) is 2. The Kier molecular flexibility index (Phi) is 3.10. The predicted octanol–water partition coefficient (Wildman–Crippen LogP) is 0.118. The van der Waals surface area contributed by atoms with Gasteiger partial charge in [-0.05, 0) is 6.07 Å². The lowest BCUT2D eigenvalue weighted by atomic mass is 10.2. The molecule has 98 valence electrons. The van der Waals surface area contributed by atoms with Crippen LogP contribution in [-0.4, -0.2) is 44.0 Å². The average molecular weight is 280 g/mol. The van der Waals surface area contributed by atoms with E-state index in [0.29, 0.717) is 0 Å². The van der Waals surface area contributed by atoms with Crippen molar-refractivity contribution in [3.8, 4) is 0 Å². The van der Waals surface area contributed by atoms with Crippen molar-refractivity contribution in [3.63, 3.8) is 0 Å². The number of amides is 1.